The Labute approximate surface area is 98.8 Å². The molecule has 0 aliphatic heterocycles. The first kappa shape index (κ1) is 17.4. The van der Waals surface area contributed by atoms with Crippen LogP contribution in [0, 0.1) is 0 Å². The van der Waals surface area contributed by atoms with Gasteiger partial charge in [0.1, 0.15) is 12.7 Å². The van der Waals surface area contributed by atoms with Gasteiger partial charge in [0.2, 0.25) is 0 Å². The third-order valence-electron chi connectivity index (χ3n) is 1.58. The first-order chi connectivity index (χ1) is 7.62. The van der Waals surface area contributed by atoms with Crippen LogP contribution in [0.5, 0.6) is 0 Å². The molecule has 16 heavy (non-hydrogen) atoms. The second kappa shape index (κ2) is 14.0. The summed E-state index contributed by atoms with van der Waals surface area (Å²) in [5.41, 5.74) is 0. The van der Waals surface area contributed by atoms with Crippen molar-refractivity contribution < 1.29 is 18.9 Å². The number of hydrogen-bond acceptors (Lipinski definition) is 4. The quantitative estimate of drug-likeness (QED) is 0.602. The number of rotatable bonds is 8. The Morgan fingerprint density at radius 2 is 1.62 bits per heavy atom. The second-order valence-electron chi connectivity index (χ2n) is 3.12. The Balaban J connectivity index is 0. The van der Waals surface area contributed by atoms with Crippen LogP contribution in [0.15, 0.2) is 25.7 Å². The lowest BCUT2D eigenvalue weighted by Crippen LogP contribution is -2.11. The Bertz CT molecular complexity index is 159. The van der Waals surface area contributed by atoms with Gasteiger partial charge >= 0.3 is 0 Å². The summed E-state index contributed by atoms with van der Waals surface area (Å²) in [4.78, 5) is 0. The maximum absolute atomic E-state index is 4.92. The summed E-state index contributed by atoms with van der Waals surface area (Å²) in [5, 5.41) is 0. The minimum absolute atomic E-state index is 0.123. The van der Waals surface area contributed by atoms with E-state index in [1.165, 1.54) is 12.5 Å². The molecule has 0 N–H and O–H groups in total. The molecule has 0 heterocycles. The normalized spacial score (nSPS) is 12.8. The summed E-state index contributed by atoms with van der Waals surface area (Å²) in [5.74, 6) is 0. The van der Waals surface area contributed by atoms with Crippen LogP contribution in [0.2, 0.25) is 0 Å². The lowest BCUT2D eigenvalue weighted by Gasteiger charge is -2.07. The molecule has 4 heteroatoms. The van der Waals surface area contributed by atoms with Crippen molar-refractivity contribution in [2.75, 3.05) is 27.4 Å². The van der Waals surface area contributed by atoms with Crippen molar-refractivity contribution in [3.8, 4) is 0 Å². The molecular weight excluding hydrogens is 208 g/mol. The van der Waals surface area contributed by atoms with Crippen molar-refractivity contribution in [2.45, 2.75) is 26.1 Å². The summed E-state index contributed by atoms with van der Waals surface area (Å²) < 4.78 is 19.4. The molecule has 0 aromatic heterocycles. The Morgan fingerprint density at radius 3 is 2.00 bits per heavy atom. The van der Waals surface area contributed by atoms with Gasteiger partial charge in [-0.3, -0.25) is 0 Å². The molecule has 0 aromatic rings. The van der Waals surface area contributed by atoms with Gasteiger partial charge in [-0.1, -0.05) is 13.2 Å². The van der Waals surface area contributed by atoms with Crippen LogP contribution in [0.3, 0.4) is 0 Å². The predicted octanol–water partition coefficient (Wildman–Crippen LogP) is 2.36. The molecule has 0 aliphatic rings. The maximum atomic E-state index is 4.92. The average Bonchev–Trinajstić information content (AvgIpc) is 2.27. The highest BCUT2D eigenvalue weighted by Gasteiger charge is 1.95. The Hall–Kier alpha value is -1.00. The molecule has 0 rings (SSSR count). The van der Waals surface area contributed by atoms with E-state index in [0.29, 0.717) is 13.2 Å². The zero-order chi connectivity index (χ0) is 12.8. The zero-order valence-corrected chi connectivity index (χ0v) is 10.8. The fraction of sp³-hybridized carbons (Fsp3) is 0.667. The molecule has 0 amide bonds. The van der Waals surface area contributed by atoms with Gasteiger partial charge in [0.15, 0.2) is 0 Å². The van der Waals surface area contributed by atoms with Crippen molar-refractivity contribution in [2.24, 2.45) is 0 Å². The van der Waals surface area contributed by atoms with E-state index < -0.39 is 0 Å². The molecule has 96 valence electrons. The Morgan fingerprint density at radius 1 is 1.00 bits per heavy atom. The molecule has 0 saturated carbocycles. The lowest BCUT2D eigenvalue weighted by atomic mass is 10.4. The zero-order valence-electron chi connectivity index (χ0n) is 10.8. The van der Waals surface area contributed by atoms with Gasteiger partial charge in [-0.15, -0.1) is 0 Å². The van der Waals surface area contributed by atoms with E-state index >= 15 is 0 Å². The van der Waals surface area contributed by atoms with E-state index in [9.17, 15) is 0 Å². The van der Waals surface area contributed by atoms with Crippen LogP contribution in [-0.2, 0) is 18.9 Å². The molecule has 0 aliphatic carbocycles. The minimum Gasteiger partial charge on any atom is -0.499 e. The van der Waals surface area contributed by atoms with E-state index in [4.69, 9.17) is 18.9 Å². The number of ether oxygens (including phenoxy) is 4. The van der Waals surface area contributed by atoms with E-state index in [1.807, 2.05) is 13.8 Å². The fourth-order valence-corrected chi connectivity index (χ4v) is 0.710. The van der Waals surface area contributed by atoms with E-state index in [2.05, 4.69) is 13.2 Å². The van der Waals surface area contributed by atoms with Crippen LogP contribution in [0.4, 0.5) is 0 Å². The fourth-order valence-electron chi connectivity index (χ4n) is 0.710. The predicted molar refractivity (Wildman–Crippen MR) is 65.2 cm³/mol. The van der Waals surface area contributed by atoms with Crippen molar-refractivity contribution in [1.29, 1.82) is 0 Å². The molecule has 0 spiro atoms. The van der Waals surface area contributed by atoms with Crippen LogP contribution < -0.4 is 0 Å². The van der Waals surface area contributed by atoms with Crippen molar-refractivity contribution >= 4 is 0 Å². The third kappa shape index (κ3) is 15.5. The van der Waals surface area contributed by atoms with Crippen molar-refractivity contribution in [3.63, 3.8) is 0 Å². The molecule has 4 nitrogen and oxygen atoms in total. The van der Waals surface area contributed by atoms with Gasteiger partial charge in [0.25, 0.3) is 0 Å². The van der Waals surface area contributed by atoms with Gasteiger partial charge in [0.05, 0.1) is 25.2 Å². The highest BCUT2D eigenvalue weighted by atomic mass is 16.5. The summed E-state index contributed by atoms with van der Waals surface area (Å²) in [7, 11) is 3.29. The first-order valence-electron chi connectivity index (χ1n) is 5.12. The van der Waals surface area contributed by atoms with Gasteiger partial charge < -0.3 is 18.9 Å². The van der Waals surface area contributed by atoms with Crippen LogP contribution >= 0.6 is 0 Å². The smallest absolute Gasteiger partial charge is 0.118 e. The highest BCUT2D eigenvalue weighted by molar-refractivity contribution is 4.54. The molecule has 0 aromatic carbocycles. The summed E-state index contributed by atoms with van der Waals surface area (Å²) in [6.07, 6.45) is 3.12. The molecule has 0 radical (unpaired) electrons. The molecular formula is C12H24O4. The van der Waals surface area contributed by atoms with Crippen LogP contribution in [0.1, 0.15) is 13.8 Å². The highest BCUT2D eigenvalue weighted by Crippen LogP contribution is 1.89. The summed E-state index contributed by atoms with van der Waals surface area (Å²) in [6.45, 7) is 11.9. The van der Waals surface area contributed by atoms with Crippen LogP contribution in [-0.4, -0.2) is 39.6 Å². The van der Waals surface area contributed by atoms with Gasteiger partial charge in [0, 0.05) is 14.2 Å². The van der Waals surface area contributed by atoms with Gasteiger partial charge in [-0.2, -0.15) is 0 Å². The minimum atomic E-state index is 0.123. The first-order valence-corrected chi connectivity index (χ1v) is 5.12. The van der Waals surface area contributed by atoms with Gasteiger partial charge in [-0.05, 0) is 13.8 Å². The largest absolute Gasteiger partial charge is 0.499 e. The van der Waals surface area contributed by atoms with Crippen LogP contribution in [0.25, 0.3) is 0 Å². The molecule has 2 unspecified atom stereocenters. The van der Waals surface area contributed by atoms with E-state index in [-0.39, 0.29) is 12.2 Å². The van der Waals surface area contributed by atoms with E-state index in [0.717, 1.165) is 0 Å². The summed E-state index contributed by atoms with van der Waals surface area (Å²) in [6, 6.07) is 0. The van der Waals surface area contributed by atoms with Crippen molar-refractivity contribution in [1.82, 2.24) is 0 Å². The number of methoxy groups -OCH3 is 2. The number of hydrogen-bond donors (Lipinski definition) is 0. The summed E-state index contributed by atoms with van der Waals surface area (Å²) >= 11 is 0. The van der Waals surface area contributed by atoms with Crippen molar-refractivity contribution in [3.05, 3.63) is 25.7 Å². The third-order valence-corrected chi connectivity index (χ3v) is 1.58. The molecule has 0 fully saturated rings. The Kier molecular flexibility index (Phi) is 15.2. The van der Waals surface area contributed by atoms with Gasteiger partial charge in [-0.25, -0.2) is 0 Å². The lowest BCUT2D eigenvalue weighted by molar-refractivity contribution is 0.0550. The topological polar surface area (TPSA) is 36.9 Å². The maximum Gasteiger partial charge on any atom is 0.118 e. The molecule has 2 atom stereocenters. The molecule has 0 bridgehead atoms. The standard InChI is InChI=1S/2C6H12O2/c1-4-8-5-6(2)7-3;1-4-8-6(2)5-7-3/h2*4,6H,1,5H2,2-3H3. The monoisotopic (exact) mass is 232 g/mol. The SMILES string of the molecule is C=COC(C)COC.C=COCC(C)OC. The molecule has 0 saturated heterocycles. The van der Waals surface area contributed by atoms with E-state index in [1.54, 1.807) is 14.2 Å². The average molecular weight is 232 g/mol. The second-order valence-corrected chi connectivity index (χ2v) is 3.12.